The number of allylic oxidation sites excluding steroid dienone is 7. The van der Waals surface area contributed by atoms with Crippen molar-refractivity contribution >= 4 is 23.3 Å². The molecule has 34 heavy (non-hydrogen) atoms. The summed E-state index contributed by atoms with van der Waals surface area (Å²) < 4.78 is 37.3. The molecule has 10 heteroatoms. The summed E-state index contributed by atoms with van der Waals surface area (Å²) in [6.45, 7) is 5.93. The molecular formula is C24H27ClF2N6O. The highest BCUT2D eigenvalue weighted by atomic mass is 35.5. The molecule has 1 aliphatic carbocycles. The number of nitrogens with zero attached hydrogens (tertiary/aromatic N) is 6. The zero-order valence-corrected chi connectivity index (χ0v) is 19.9. The first-order valence-electron chi connectivity index (χ1n) is 11.2. The van der Waals surface area contributed by atoms with Crippen LogP contribution in [-0.4, -0.2) is 43.3 Å². The number of rotatable bonds is 6. The quantitative estimate of drug-likeness (QED) is 0.470. The Morgan fingerprint density at radius 2 is 2.18 bits per heavy atom. The number of aromatic nitrogens is 5. The number of hydrogen-bond acceptors (Lipinski definition) is 5. The smallest absolute Gasteiger partial charge is 0.268 e. The first-order valence-corrected chi connectivity index (χ1v) is 11.6. The van der Waals surface area contributed by atoms with Crippen molar-refractivity contribution in [3.63, 3.8) is 0 Å². The maximum absolute atomic E-state index is 15.2. The van der Waals surface area contributed by atoms with Gasteiger partial charge in [0.2, 0.25) is 0 Å². The van der Waals surface area contributed by atoms with Crippen molar-refractivity contribution in [1.82, 2.24) is 24.3 Å². The van der Waals surface area contributed by atoms with E-state index in [0.717, 1.165) is 30.7 Å². The number of aryl methyl sites for hydroxylation is 1. The lowest BCUT2D eigenvalue weighted by Gasteiger charge is -2.28. The fourth-order valence-electron chi connectivity index (χ4n) is 4.45. The van der Waals surface area contributed by atoms with Crippen molar-refractivity contribution in [2.24, 2.45) is 4.99 Å². The van der Waals surface area contributed by atoms with Crippen LogP contribution in [0.3, 0.4) is 0 Å². The van der Waals surface area contributed by atoms with E-state index in [1.807, 2.05) is 17.7 Å². The molecule has 0 fully saturated rings. The van der Waals surface area contributed by atoms with Crippen LogP contribution in [0.25, 0.3) is 0 Å². The van der Waals surface area contributed by atoms with Crippen LogP contribution in [0.4, 0.5) is 14.7 Å². The zero-order chi connectivity index (χ0) is 24.2. The van der Waals surface area contributed by atoms with Gasteiger partial charge in [-0.05, 0) is 37.5 Å². The molecular weight excluding hydrogens is 462 g/mol. The van der Waals surface area contributed by atoms with Gasteiger partial charge in [0, 0.05) is 25.1 Å². The monoisotopic (exact) mass is 488 g/mol. The van der Waals surface area contributed by atoms with E-state index >= 15 is 4.39 Å². The SMILES string of the molecule is C=C(F)/C=C\C(=CC)C1CCCCn2nc(N=C3C=C(OC)C(n4cnc(Cl)c4)C(F)C3)nc21. The average molecular weight is 489 g/mol. The van der Waals surface area contributed by atoms with Gasteiger partial charge in [-0.3, -0.25) is 0 Å². The Morgan fingerprint density at radius 3 is 2.85 bits per heavy atom. The Morgan fingerprint density at radius 1 is 1.35 bits per heavy atom. The second-order valence-electron chi connectivity index (χ2n) is 8.27. The highest BCUT2D eigenvalue weighted by molar-refractivity contribution is 6.29. The van der Waals surface area contributed by atoms with E-state index in [0.29, 0.717) is 18.0 Å². The molecule has 3 unspecified atom stereocenters. The van der Waals surface area contributed by atoms with Gasteiger partial charge in [0.1, 0.15) is 34.8 Å². The summed E-state index contributed by atoms with van der Waals surface area (Å²) in [6.07, 6.45) is 11.4. The highest BCUT2D eigenvalue weighted by Crippen LogP contribution is 2.35. The summed E-state index contributed by atoms with van der Waals surface area (Å²) >= 11 is 5.91. The van der Waals surface area contributed by atoms with Gasteiger partial charge in [-0.15, -0.1) is 5.10 Å². The van der Waals surface area contributed by atoms with Crippen LogP contribution in [0, 0.1) is 0 Å². The van der Waals surface area contributed by atoms with Crippen LogP contribution >= 0.6 is 11.6 Å². The van der Waals surface area contributed by atoms with Gasteiger partial charge in [-0.25, -0.2) is 23.4 Å². The minimum Gasteiger partial charge on any atom is -0.499 e. The second-order valence-corrected chi connectivity index (χ2v) is 8.66. The van der Waals surface area contributed by atoms with E-state index in [1.165, 1.54) is 19.5 Å². The Balaban J connectivity index is 1.65. The molecule has 1 aliphatic heterocycles. The molecule has 7 nitrogen and oxygen atoms in total. The molecule has 0 N–H and O–H groups in total. The third kappa shape index (κ3) is 5.19. The van der Waals surface area contributed by atoms with E-state index < -0.39 is 18.0 Å². The molecule has 0 spiro atoms. The van der Waals surface area contributed by atoms with Crippen molar-refractivity contribution in [3.8, 4) is 0 Å². The minimum absolute atomic E-state index is 0.0368. The number of aliphatic imine (C=N–C) groups is 1. The Bertz CT molecular complexity index is 1180. The normalized spacial score (nSPS) is 24.7. The van der Waals surface area contributed by atoms with Crippen LogP contribution in [-0.2, 0) is 11.3 Å². The third-order valence-corrected chi connectivity index (χ3v) is 6.22. The molecule has 4 rings (SSSR count). The molecule has 2 aliphatic rings. The number of alkyl halides is 1. The molecule has 3 heterocycles. The number of methoxy groups -OCH3 is 1. The molecule has 180 valence electrons. The first-order chi connectivity index (χ1) is 16.4. The molecule has 0 saturated heterocycles. The largest absolute Gasteiger partial charge is 0.499 e. The fraction of sp³-hybridized carbons (Fsp3) is 0.417. The molecule has 0 amide bonds. The second kappa shape index (κ2) is 10.5. The summed E-state index contributed by atoms with van der Waals surface area (Å²) in [6, 6.07) is -0.672. The van der Waals surface area contributed by atoms with Gasteiger partial charge in [0.15, 0.2) is 0 Å². The highest BCUT2D eigenvalue weighted by Gasteiger charge is 2.33. The molecule has 3 atom stereocenters. The van der Waals surface area contributed by atoms with Crippen molar-refractivity contribution in [2.45, 2.75) is 57.3 Å². The predicted molar refractivity (Wildman–Crippen MR) is 128 cm³/mol. The first kappa shape index (κ1) is 24.1. The van der Waals surface area contributed by atoms with E-state index in [4.69, 9.17) is 16.3 Å². The zero-order valence-electron chi connectivity index (χ0n) is 19.2. The lowest BCUT2D eigenvalue weighted by molar-refractivity contribution is 0.169. The number of imidazole rings is 1. The van der Waals surface area contributed by atoms with E-state index in [9.17, 15) is 4.39 Å². The van der Waals surface area contributed by atoms with Crippen molar-refractivity contribution < 1.29 is 13.5 Å². The minimum atomic E-state index is -1.29. The van der Waals surface area contributed by atoms with Crippen molar-refractivity contribution in [1.29, 1.82) is 0 Å². The van der Waals surface area contributed by atoms with E-state index in [2.05, 4.69) is 26.6 Å². The molecule has 0 saturated carbocycles. The van der Waals surface area contributed by atoms with Gasteiger partial charge >= 0.3 is 0 Å². The molecule has 0 bridgehead atoms. The number of halogens is 3. The van der Waals surface area contributed by atoms with Crippen LogP contribution in [0.1, 0.15) is 50.4 Å². The summed E-state index contributed by atoms with van der Waals surface area (Å²) in [5, 5.41) is 4.86. The molecule has 2 aromatic rings. The maximum atomic E-state index is 15.2. The van der Waals surface area contributed by atoms with E-state index in [-0.39, 0.29) is 23.4 Å². The van der Waals surface area contributed by atoms with Gasteiger partial charge in [-0.2, -0.15) is 4.98 Å². The molecule has 0 aromatic carbocycles. The molecule has 0 radical (unpaired) electrons. The number of hydrogen-bond donors (Lipinski definition) is 0. The van der Waals surface area contributed by atoms with Crippen LogP contribution in [0.2, 0.25) is 5.15 Å². The number of fused-ring (bicyclic) bond motifs is 1. The number of ether oxygens (including phenoxy) is 1. The Kier molecular flexibility index (Phi) is 7.41. The van der Waals surface area contributed by atoms with Gasteiger partial charge < -0.3 is 9.30 Å². The summed E-state index contributed by atoms with van der Waals surface area (Å²) in [5.74, 6) is 0.919. The average Bonchev–Trinajstić information content (AvgIpc) is 3.35. The van der Waals surface area contributed by atoms with Crippen molar-refractivity contribution in [3.05, 3.63) is 71.5 Å². The Labute approximate surface area is 202 Å². The fourth-order valence-corrected chi connectivity index (χ4v) is 4.60. The predicted octanol–water partition coefficient (Wildman–Crippen LogP) is 5.97. The summed E-state index contributed by atoms with van der Waals surface area (Å²) in [5.41, 5.74) is 1.43. The van der Waals surface area contributed by atoms with Crippen LogP contribution in [0.15, 0.2) is 65.6 Å². The van der Waals surface area contributed by atoms with Crippen LogP contribution < -0.4 is 0 Å². The van der Waals surface area contributed by atoms with Crippen molar-refractivity contribution in [2.75, 3.05) is 7.11 Å². The van der Waals surface area contributed by atoms with E-state index in [1.54, 1.807) is 22.9 Å². The lowest BCUT2D eigenvalue weighted by Crippen LogP contribution is -2.29. The van der Waals surface area contributed by atoms with Gasteiger partial charge in [0.25, 0.3) is 5.95 Å². The topological polar surface area (TPSA) is 70.1 Å². The summed E-state index contributed by atoms with van der Waals surface area (Å²) in [7, 11) is 1.49. The van der Waals surface area contributed by atoms with Gasteiger partial charge in [-0.1, -0.05) is 36.8 Å². The summed E-state index contributed by atoms with van der Waals surface area (Å²) in [4.78, 5) is 13.2. The lowest BCUT2D eigenvalue weighted by atomic mass is 9.92. The molecule has 2 aromatic heterocycles. The Hall–Kier alpha value is -3.07. The van der Waals surface area contributed by atoms with Crippen LogP contribution in [0.5, 0.6) is 0 Å². The standard InChI is InChI=1S/C24H27ClF2N6O/c1-4-16(9-8-15(2)26)18-7-5-6-10-33-23(18)30-24(31-33)29-17-11-19(27)22(20(12-17)34-3)32-13-21(25)28-14-32/h4,8-9,12-14,18-19,22H,2,5-7,10-11H2,1,3H3/b9-8-,16-4?,29-17?. The van der Waals surface area contributed by atoms with Gasteiger partial charge in [0.05, 0.1) is 19.1 Å². The third-order valence-electron chi connectivity index (χ3n) is 6.02. The maximum Gasteiger partial charge on any atom is 0.268 e.